The SMILES string of the molecule is Cc1nnnn1C(Cc1ccc(F)cc1)C(=O)Nc1ccc(OCCN)cc1.Cl. The fraction of sp³-hybridized carbons (Fsp3) is 0.263. The molecule has 0 radical (unpaired) electrons. The van der Waals surface area contributed by atoms with Gasteiger partial charge in [0.05, 0.1) is 0 Å². The van der Waals surface area contributed by atoms with Gasteiger partial charge in [-0.1, -0.05) is 12.1 Å². The number of aryl methyl sites for hydroxylation is 1. The Balaban J connectivity index is 0.00000300. The number of aromatic nitrogens is 4. The number of benzene rings is 2. The largest absolute Gasteiger partial charge is 0.492 e. The first-order valence-electron chi connectivity index (χ1n) is 8.79. The van der Waals surface area contributed by atoms with Crippen LogP contribution in [0.1, 0.15) is 17.4 Å². The summed E-state index contributed by atoms with van der Waals surface area (Å²) in [5.41, 5.74) is 6.82. The fourth-order valence-corrected chi connectivity index (χ4v) is 2.70. The maximum absolute atomic E-state index is 13.2. The quantitative estimate of drug-likeness (QED) is 0.579. The zero-order chi connectivity index (χ0) is 19.9. The van der Waals surface area contributed by atoms with Crippen LogP contribution in [0, 0.1) is 12.7 Å². The normalized spacial score (nSPS) is 11.4. The molecule has 29 heavy (non-hydrogen) atoms. The molecule has 0 bridgehead atoms. The van der Waals surface area contributed by atoms with Crippen molar-refractivity contribution in [1.82, 2.24) is 20.2 Å². The topological polar surface area (TPSA) is 108 Å². The van der Waals surface area contributed by atoms with E-state index < -0.39 is 6.04 Å². The summed E-state index contributed by atoms with van der Waals surface area (Å²) in [6, 6.07) is 12.3. The number of anilines is 1. The maximum Gasteiger partial charge on any atom is 0.249 e. The molecule has 0 aliphatic rings. The van der Waals surface area contributed by atoms with Crippen molar-refractivity contribution < 1.29 is 13.9 Å². The second-order valence-electron chi connectivity index (χ2n) is 6.17. The monoisotopic (exact) mass is 420 g/mol. The molecule has 10 heteroatoms. The maximum atomic E-state index is 13.2. The molecule has 3 rings (SSSR count). The first-order valence-corrected chi connectivity index (χ1v) is 8.79. The van der Waals surface area contributed by atoms with E-state index in [1.807, 2.05) is 0 Å². The average Bonchev–Trinajstić information content (AvgIpc) is 3.12. The molecule has 1 amide bonds. The summed E-state index contributed by atoms with van der Waals surface area (Å²) in [6.45, 7) is 2.56. The van der Waals surface area contributed by atoms with Gasteiger partial charge in [0, 0.05) is 18.7 Å². The van der Waals surface area contributed by atoms with Gasteiger partial charge in [-0.2, -0.15) is 0 Å². The molecule has 1 atom stereocenters. The van der Waals surface area contributed by atoms with Gasteiger partial charge in [-0.25, -0.2) is 9.07 Å². The highest BCUT2D eigenvalue weighted by atomic mass is 35.5. The lowest BCUT2D eigenvalue weighted by atomic mass is 10.0. The molecule has 154 valence electrons. The Morgan fingerprint density at radius 1 is 1.21 bits per heavy atom. The number of ether oxygens (including phenoxy) is 1. The molecule has 0 saturated heterocycles. The number of halogens is 2. The van der Waals surface area contributed by atoms with E-state index in [1.165, 1.54) is 16.8 Å². The fourth-order valence-electron chi connectivity index (χ4n) is 2.70. The number of carbonyl (C=O) groups excluding carboxylic acids is 1. The van der Waals surface area contributed by atoms with E-state index in [1.54, 1.807) is 43.3 Å². The van der Waals surface area contributed by atoms with Gasteiger partial charge in [-0.05, 0) is 59.3 Å². The molecule has 0 fully saturated rings. The lowest BCUT2D eigenvalue weighted by molar-refractivity contribution is -0.119. The minimum Gasteiger partial charge on any atom is -0.492 e. The smallest absolute Gasteiger partial charge is 0.249 e. The zero-order valence-corrected chi connectivity index (χ0v) is 16.6. The third-order valence-electron chi connectivity index (χ3n) is 4.11. The van der Waals surface area contributed by atoms with Crippen LogP contribution in [0.2, 0.25) is 0 Å². The van der Waals surface area contributed by atoms with Crippen molar-refractivity contribution in [1.29, 1.82) is 0 Å². The van der Waals surface area contributed by atoms with Crippen molar-refractivity contribution in [2.75, 3.05) is 18.5 Å². The number of nitrogens with zero attached hydrogens (tertiary/aromatic N) is 4. The molecule has 2 aromatic carbocycles. The summed E-state index contributed by atoms with van der Waals surface area (Å²) in [5, 5.41) is 14.3. The molecule has 0 aliphatic heterocycles. The lowest BCUT2D eigenvalue weighted by Gasteiger charge is -2.18. The van der Waals surface area contributed by atoms with Crippen LogP contribution in [0.15, 0.2) is 48.5 Å². The molecule has 8 nitrogen and oxygen atoms in total. The third-order valence-corrected chi connectivity index (χ3v) is 4.11. The van der Waals surface area contributed by atoms with Gasteiger partial charge in [-0.15, -0.1) is 17.5 Å². The Morgan fingerprint density at radius 2 is 1.90 bits per heavy atom. The summed E-state index contributed by atoms with van der Waals surface area (Å²) in [7, 11) is 0. The Morgan fingerprint density at radius 3 is 2.48 bits per heavy atom. The highest BCUT2D eigenvalue weighted by Crippen LogP contribution is 2.20. The van der Waals surface area contributed by atoms with E-state index in [0.29, 0.717) is 36.8 Å². The van der Waals surface area contributed by atoms with Crippen LogP contribution < -0.4 is 15.8 Å². The van der Waals surface area contributed by atoms with E-state index in [2.05, 4.69) is 20.8 Å². The molecule has 3 aromatic rings. The number of rotatable bonds is 8. The minimum absolute atomic E-state index is 0. The number of hydrogen-bond donors (Lipinski definition) is 2. The molecule has 0 spiro atoms. The number of tetrazole rings is 1. The first kappa shape index (κ1) is 22.3. The van der Waals surface area contributed by atoms with Gasteiger partial charge in [-0.3, -0.25) is 4.79 Å². The van der Waals surface area contributed by atoms with E-state index >= 15 is 0 Å². The van der Waals surface area contributed by atoms with Crippen molar-refractivity contribution in [2.24, 2.45) is 5.73 Å². The Kier molecular flexibility index (Phi) is 8.05. The summed E-state index contributed by atoms with van der Waals surface area (Å²) >= 11 is 0. The van der Waals surface area contributed by atoms with Gasteiger partial charge in [0.15, 0.2) is 0 Å². The summed E-state index contributed by atoms with van der Waals surface area (Å²) in [6.07, 6.45) is 0.315. The Hall–Kier alpha value is -3.04. The Labute approximate surface area is 173 Å². The molecule has 1 unspecified atom stereocenters. The van der Waals surface area contributed by atoms with Gasteiger partial charge in [0.2, 0.25) is 5.91 Å². The van der Waals surface area contributed by atoms with E-state index in [-0.39, 0.29) is 24.1 Å². The third kappa shape index (κ3) is 5.97. The predicted molar refractivity (Wildman–Crippen MR) is 109 cm³/mol. The van der Waals surface area contributed by atoms with Gasteiger partial charge < -0.3 is 15.8 Å². The van der Waals surface area contributed by atoms with E-state index in [9.17, 15) is 9.18 Å². The van der Waals surface area contributed by atoms with Crippen molar-refractivity contribution in [2.45, 2.75) is 19.4 Å². The summed E-state index contributed by atoms with van der Waals surface area (Å²) in [5.74, 6) is 0.561. The number of nitrogens with one attached hydrogen (secondary N) is 1. The van der Waals surface area contributed by atoms with Crippen LogP contribution in [-0.2, 0) is 11.2 Å². The van der Waals surface area contributed by atoms with Crippen LogP contribution in [0.25, 0.3) is 0 Å². The van der Waals surface area contributed by atoms with Crippen LogP contribution in [-0.4, -0.2) is 39.3 Å². The van der Waals surface area contributed by atoms with Crippen molar-refractivity contribution >= 4 is 24.0 Å². The van der Waals surface area contributed by atoms with E-state index in [0.717, 1.165) is 5.56 Å². The number of nitrogens with two attached hydrogens (primary N) is 1. The number of hydrogen-bond acceptors (Lipinski definition) is 6. The van der Waals surface area contributed by atoms with Crippen LogP contribution in [0.5, 0.6) is 5.75 Å². The molecule has 1 aromatic heterocycles. The summed E-state index contributed by atoms with van der Waals surface area (Å²) < 4.78 is 20.1. The van der Waals surface area contributed by atoms with Crippen molar-refractivity contribution in [3.63, 3.8) is 0 Å². The van der Waals surface area contributed by atoms with Crippen molar-refractivity contribution in [3.8, 4) is 5.75 Å². The lowest BCUT2D eigenvalue weighted by Crippen LogP contribution is -2.29. The number of carbonyl (C=O) groups is 1. The van der Waals surface area contributed by atoms with Crippen LogP contribution >= 0.6 is 12.4 Å². The predicted octanol–water partition coefficient (Wildman–Crippen LogP) is 2.30. The number of amides is 1. The standard InChI is InChI=1S/C19H21FN6O2.ClH/c1-13-23-24-25-26(13)18(12-14-2-4-15(20)5-3-14)19(27)22-16-6-8-17(9-7-16)28-11-10-21;/h2-9,18H,10-12,21H2,1H3,(H,22,27);1H. The molecule has 0 saturated carbocycles. The minimum atomic E-state index is -0.686. The van der Waals surface area contributed by atoms with Gasteiger partial charge in [0.1, 0.15) is 30.0 Å². The second kappa shape index (κ2) is 10.5. The Bertz CT molecular complexity index is 917. The zero-order valence-electron chi connectivity index (χ0n) is 15.8. The second-order valence-corrected chi connectivity index (χ2v) is 6.17. The highest BCUT2D eigenvalue weighted by Gasteiger charge is 2.24. The molecular weight excluding hydrogens is 399 g/mol. The first-order chi connectivity index (χ1) is 13.6. The molecule has 0 aliphatic carbocycles. The van der Waals surface area contributed by atoms with Crippen LogP contribution in [0.4, 0.5) is 10.1 Å². The van der Waals surface area contributed by atoms with E-state index in [4.69, 9.17) is 10.5 Å². The molecule has 3 N–H and O–H groups in total. The summed E-state index contributed by atoms with van der Waals surface area (Å²) in [4.78, 5) is 12.9. The van der Waals surface area contributed by atoms with Gasteiger partial charge in [0.25, 0.3) is 0 Å². The van der Waals surface area contributed by atoms with Crippen LogP contribution in [0.3, 0.4) is 0 Å². The average molecular weight is 421 g/mol. The van der Waals surface area contributed by atoms with Gasteiger partial charge >= 0.3 is 0 Å². The molecular formula is C19H22ClFN6O2. The highest BCUT2D eigenvalue weighted by molar-refractivity contribution is 5.93. The van der Waals surface area contributed by atoms with Crippen molar-refractivity contribution in [3.05, 3.63) is 65.7 Å². The molecule has 1 heterocycles.